The second-order valence-electron chi connectivity index (χ2n) is 5.24. The molecular weight excluding hydrogens is 188 g/mol. The van der Waals surface area contributed by atoms with Crippen molar-refractivity contribution in [2.24, 2.45) is 11.8 Å². The Morgan fingerprint density at radius 2 is 1.60 bits per heavy atom. The van der Waals surface area contributed by atoms with Crippen LogP contribution in [0.1, 0.15) is 20.8 Å². The molecule has 1 N–H and O–H groups in total. The Hall–Kier alpha value is -0.120. The number of likely N-dealkylation sites (N-methyl/N-ethyl adjacent to an activating group) is 1. The fraction of sp³-hybridized carbons (Fsp3) is 1.00. The molecule has 0 heterocycles. The summed E-state index contributed by atoms with van der Waals surface area (Å²) >= 11 is 0. The van der Waals surface area contributed by atoms with Gasteiger partial charge in [0.25, 0.3) is 0 Å². The molecule has 0 saturated heterocycles. The van der Waals surface area contributed by atoms with Gasteiger partial charge in [0.05, 0.1) is 0 Å². The van der Waals surface area contributed by atoms with E-state index in [1.807, 2.05) is 0 Å². The Bertz CT molecular complexity index is 149. The van der Waals surface area contributed by atoms with Crippen LogP contribution in [-0.2, 0) is 0 Å². The van der Waals surface area contributed by atoms with Crippen LogP contribution >= 0.6 is 0 Å². The van der Waals surface area contributed by atoms with Gasteiger partial charge < -0.3 is 14.9 Å². The van der Waals surface area contributed by atoms with Gasteiger partial charge in [0.2, 0.25) is 0 Å². The van der Waals surface area contributed by atoms with E-state index < -0.39 is 0 Å². The largest absolute Gasteiger partial charge is 0.396 e. The van der Waals surface area contributed by atoms with Crippen molar-refractivity contribution in [2.75, 3.05) is 46.9 Å². The van der Waals surface area contributed by atoms with E-state index >= 15 is 0 Å². The molecule has 0 aromatic heterocycles. The first-order valence-corrected chi connectivity index (χ1v) is 5.93. The van der Waals surface area contributed by atoms with Crippen LogP contribution in [0.25, 0.3) is 0 Å². The van der Waals surface area contributed by atoms with Crippen LogP contribution in [0.3, 0.4) is 0 Å². The van der Waals surface area contributed by atoms with E-state index in [1.165, 1.54) is 0 Å². The quantitative estimate of drug-likeness (QED) is 0.659. The van der Waals surface area contributed by atoms with Gasteiger partial charge in [-0.25, -0.2) is 0 Å². The topological polar surface area (TPSA) is 26.7 Å². The molecule has 0 aromatic rings. The average Bonchev–Trinajstić information content (AvgIpc) is 2.13. The predicted molar refractivity (Wildman–Crippen MR) is 66.1 cm³/mol. The van der Waals surface area contributed by atoms with Crippen LogP contribution in [0.15, 0.2) is 0 Å². The van der Waals surface area contributed by atoms with Crippen molar-refractivity contribution >= 4 is 0 Å². The molecule has 92 valence electrons. The maximum Gasteiger partial charge on any atom is 0.0468 e. The molecule has 0 aliphatic heterocycles. The van der Waals surface area contributed by atoms with E-state index in [2.05, 4.69) is 44.7 Å². The molecule has 0 aliphatic carbocycles. The summed E-state index contributed by atoms with van der Waals surface area (Å²) in [6, 6.07) is 0. The van der Waals surface area contributed by atoms with Gasteiger partial charge in [0.1, 0.15) is 0 Å². The van der Waals surface area contributed by atoms with Crippen LogP contribution in [0.4, 0.5) is 0 Å². The highest BCUT2D eigenvalue weighted by molar-refractivity contribution is 4.65. The zero-order chi connectivity index (χ0) is 11.8. The predicted octanol–water partition coefficient (Wildman–Crippen LogP) is 1.13. The minimum atomic E-state index is 0.288. The van der Waals surface area contributed by atoms with Gasteiger partial charge in [-0.2, -0.15) is 0 Å². The van der Waals surface area contributed by atoms with E-state index in [9.17, 15) is 0 Å². The van der Waals surface area contributed by atoms with Gasteiger partial charge in [0, 0.05) is 32.8 Å². The Morgan fingerprint density at radius 1 is 1.00 bits per heavy atom. The molecule has 0 aliphatic rings. The lowest BCUT2D eigenvalue weighted by Gasteiger charge is -2.27. The van der Waals surface area contributed by atoms with Crippen molar-refractivity contribution in [3.63, 3.8) is 0 Å². The first-order valence-electron chi connectivity index (χ1n) is 5.93. The molecule has 0 radical (unpaired) electrons. The Kier molecular flexibility index (Phi) is 8.02. The van der Waals surface area contributed by atoms with Crippen molar-refractivity contribution in [1.82, 2.24) is 9.80 Å². The molecular formula is C12H28N2O. The van der Waals surface area contributed by atoms with Crippen LogP contribution in [0, 0.1) is 11.8 Å². The van der Waals surface area contributed by atoms with Gasteiger partial charge in [-0.3, -0.25) is 0 Å². The Morgan fingerprint density at radius 3 is 2.00 bits per heavy atom. The third-order valence-corrected chi connectivity index (χ3v) is 2.37. The second kappa shape index (κ2) is 8.08. The molecule has 15 heavy (non-hydrogen) atoms. The average molecular weight is 216 g/mol. The second-order valence-corrected chi connectivity index (χ2v) is 5.24. The third kappa shape index (κ3) is 8.85. The number of hydrogen-bond acceptors (Lipinski definition) is 3. The fourth-order valence-electron chi connectivity index (χ4n) is 1.61. The SMILES string of the molecule is CC(C)CN(CCN(C)C)CC(C)CO. The van der Waals surface area contributed by atoms with Gasteiger partial charge in [0.15, 0.2) is 0 Å². The summed E-state index contributed by atoms with van der Waals surface area (Å²) in [6.45, 7) is 11.2. The molecule has 0 bridgehead atoms. The van der Waals surface area contributed by atoms with Crippen LogP contribution in [-0.4, -0.2) is 61.8 Å². The standard InChI is InChI=1S/C12H28N2O/c1-11(2)8-14(7-6-13(4)5)9-12(3)10-15/h11-12,15H,6-10H2,1-5H3. The zero-order valence-electron chi connectivity index (χ0n) is 11.0. The lowest BCUT2D eigenvalue weighted by molar-refractivity contribution is 0.154. The molecule has 3 heteroatoms. The molecule has 0 saturated carbocycles. The molecule has 1 unspecified atom stereocenters. The van der Waals surface area contributed by atoms with Crippen molar-refractivity contribution in [2.45, 2.75) is 20.8 Å². The van der Waals surface area contributed by atoms with Gasteiger partial charge >= 0.3 is 0 Å². The van der Waals surface area contributed by atoms with Crippen molar-refractivity contribution in [1.29, 1.82) is 0 Å². The summed E-state index contributed by atoms with van der Waals surface area (Å²) in [5, 5.41) is 9.06. The Balaban J connectivity index is 3.94. The highest BCUT2D eigenvalue weighted by atomic mass is 16.3. The molecule has 3 nitrogen and oxygen atoms in total. The van der Waals surface area contributed by atoms with Gasteiger partial charge in [-0.1, -0.05) is 20.8 Å². The molecule has 0 fully saturated rings. The lowest BCUT2D eigenvalue weighted by atomic mass is 10.1. The maximum atomic E-state index is 9.06. The van der Waals surface area contributed by atoms with E-state index in [0.717, 1.165) is 26.2 Å². The molecule has 0 rings (SSSR count). The summed E-state index contributed by atoms with van der Waals surface area (Å²) in [5.41, 5.74) is 0. The normalized spacial score (nSPS) is 14.2. The number of nitrogens with zero attached hydrogens (tertiary/aromatic N) is 2. The summed E-state index contributed by atoms with van der Waals surface area (Å²) in [4.78, 5) is 4.66. The smallest absolute Gasteiger partial charge is 0.0468 e. The first-order chi connectivity index (χ1) is 6.95. The zero-order valence-corrected chi connectivity index (χ0v) is 11.0. The lowest BCUT2D eigenvalue weighted by Crippen LogP contribution is -2.37. The molecule has 0 spiro atoms. The van der Waals surface area contributed by atoms with E-state index in [1.54, 1.807) is 0 Å². The summed E-state index contributed by atoms with van der Waals surface area (Å²) < 4.78 is 0. The molecule has 0 aromatic carbocycles. The summed E-state index contributed by atoms with van der Waals surface area (Å²) in [5.74, 6) is 1.07. The van der Waals surface area contributed by atoms with Crippen molar-refractivity contribution < 1.29 is 5.11 Å². The minimum absolute atomic E-state index is 0.288. The molecule has 0 amide bonds. The van der Waals surface area contributed by atoms with E-state index in [-0.39, 0.29) is 6.61 Å². The Labute approximate surface area is 95.1 Å². The van der Waals surface area contributed by atoms with E-state index in [4.69, 9.17) is 5.11 Å². The third-order valence-electron chi connectivity index (χ3n) is 2.37. The number of hydrogen-bond donors (Lipinski definition) is 1. The van der Waals surface area contributed by atoms with Crippen molar-refractivity contribution in [3.05, 3.63) is 0 Å². The fourth-order valence-corrected chi connectivity index (χ4v) is 1.61. The highest BCUT2D eigenvalue weighted by Gasteiger charge is 2.11. The van der Waals surface area contributed by atoms with Crippen LogP contribution < -0.4 is 0 Å². The van der Waals surface area contributed by atoms with Gasteiger partial charge in [-0.05, 0) is 25.9 Å². The van der Waals surface area contributed by atoms with E-state index in [0.29, 0.717) is 11.8 Å². The maximum absolute atomic E-state index is 9.06. The van der Waals surface area contributed by atoms with Crippen LogP contribution in [0.5, 0.6) is 0 Å². The number of aliphatic hydroxyl groups excluding tert-OH is 1. The van der Waals surface area contributed by atoms with Crippen molar-refractivity contribution in [3.8, 4) is 0 Å². The minimum Gasteiger partial charge on any atom is -0.396 e. The first kappa shape index (κ1) is 14.9. The van der Waals surface area contributed by atoms with Crippen LogP contribution in [0.2, 0.25) is 0 Å². The number of rotatable bonds is 8. The monoisotopic (exact) mass is 216 g/mol. The highest BCUT2D eigenvalue weighted by Crippen LogP contribution is 2.03. The summed E-state index contributed by atoms with van der Waals surface area (Å²) in [6.07, 6.45) is 0. The number of aliphatic hydroxyl groups is 1. The summed E-state index contributed by atoms with van der Waals surface area (Å²) in [7, 11) is 4.20. The molecule has 1 atom stereocenters. The van der Waals surface area contributed by atoms with Gasteiger partial charge in [-0.15, -0.1) is 0 Å².